The standard InChI is InChI=1S/C24H35F4N5O2.2CH3F/c1-18(32-13-8-19(9-14-32)24(26,27)28)15-22(35)33(20(30-2)7-4-3-5-12-25)16-21(34)31-23(17-29)10-6-11-23;2*1-2/h15,19H,3-14,16H2,1-2H3,(H,31,34);2*1H3/b18-15+,30-20?;;. The average Bonchev–Trinajstić information content (AvgIpc) is 2.91. The summed E-state index contributed by atoms with van der Waals surface area (Å²) in [5, 5.41) is 12.1. The van der Waals surface area contributed by atoms with Gasteiger partial charge in [-0.25, -0.2) is 0 Å². The Hall–Kier alpha value is -2.78. The molecule has 0 radical (unpaired) electrons. The van der Waals surface area contributed by atoms with Crippen LogP contribution in [-0.4, -0.2) is 86.9 Å². The molecule has 1 N–H and O–H groups in total. The molecule has 1 aliphatic heterocycles. The Morgan fingerprint density at radius 1 is 1.13 bits per heavy atom. The Labute approximate surface area is 227 Å². The minimum absolute atomic E-state index is 0.0402. The molecule has 224 valence electrons. The Morgan fingerprint density at radius 3 is 2.15 bits per heavy atom. The number of hydrogen-bond acceptors (Lipinski definition) is 5. The van der Waals surface area contributed by atoms with Crippen LogP contribution in [0, 0.1) is 17.2 Å². The van der Waals surface area contributed by atoms with Gasteiger partial charge in [0.2, 0.25) is 5.91 Å². The first-order valence-corrected chi connectivity index (χ1v) is 12.9. The van der Waals surface area contributed by atoms with Gasteiger partial charge >= 0.3 is 6.18 Å². The second kappa shape index (κ2) is 18.5. The van der Waals surface area contributed by atoms with E-state index in [2.05, 4.69) is 16.4 Å². The summed E-state index contributed by atoms with van der Waals surface area (Å²) in [5.74, 6) is -1.98. The number of rotatable bonds is 10. The van der Waals surface area contributed by atoms with Crippen LogP contribution in [0.25, 0.3) is 0 Å². The van der Waals surface area contributed by atoms with Crippen molar-refractivity contribution < 1.29 is 35.9 Å². The molecule has 0 bridgehead atoms. The Kier molecular flexibility index (Phi) is 17.2. The van der Waals surface area contributed by atoms with E-state index in [-0.39, 0.29) is 32.5 Å². The van der Waals surface area contributed by atoms with Gasteiger partial charge in [0, 0.05) is 38.3 Å². The summed E-state index contributed by atoms with van der Waals surface area (Å²) in [6.45, 7) is 1.25. The fraction of sp³-hybridized carbons (Fsp3) is 0.769. The lowest BCUT2D eigenvalue weighted by Crippen LogP contribution is -2.55. The molecule has 1 saturated heterocycles. The third kappa shape index (κ3) is 11.9. The number of likely N-dealkylation sites (tertiary alicyclic amines) is 1. The molecule has 1 saturated carbocycles. The quantitative estimate of drug-likeness (QED) is 0.127. The van der Waals surface area contributed by atoms with Crippen molar-refractivity contribution in [1.82, 2.24) is 15.1 Å². The highest BCUT2D eigenvalue weighted by molar-refractivity contribution is 6.05. The van der Waals surface area contributed by atoms with Gasteiger partial charge in [-0.1, -0.05) is 6.42 Å². The number of amidine groups is 1. The van der Waals surface area contributed by atoms with Crippen molar-refractivity contribution in [2.45, 2.75) is 76.4 Å². The number of nitrogens with zero attached hydrogens (tertiary/aromatic N) is 4. The van der Waals surface area contributed by atoms with Crippen molar-refractivity contribution in [1.29, 1.82) is 5.26 Å². The molecular formula is C26H41F6N5O2. The largest absolute Gasteiger partial charge is 0.391 e. The third-order valence-electron chi connectivity index (χ3n) is 6.76. The summed E-state index contributed by atoms with van der Waals surface area (Å²) < 4.78 is 70.4. The second-order valence-corrected chi connectivity index (χ2v) is 9.25. The first-order chi connectivity index (χ1) is 18.5. The molecule has 2 fully saturated rings. The number of amides is 2. The molecule has 13 heteroatoms. The van der Waals surface area contributed by atoms with Gasteiger partial charge in [-0.3, -0.25) is 32.7 Å². The maximum absolute atomic E-state index is 13.2. The molecule has 2 amide bonds. The van der Waals surface area contributed by atoms with Crippen LogP contribution in [0.15, 0.2) is 16.8 Å². The average molecular weight is 570 g/mol. The molecule has 1 aliphatic carbocycles. The normalized spacial score (nSPS) is 17.4. The van der Waals surface area contributed by atoms with Gasteiger partial charge in [-0.05, 0) is 51.9 Å². The summed E-state index contributed by atoms with van der Waals surface area (Å²) in [6, 6.07) is 2.13. The third-order valence-corrected chi connectivity index (χ3v) is 6.76. The van der Waals surface area contributed by atoms with E-state index in [1.165, 1.54) is 18.0 Å². The van der Waals surface area contributed by atoms with E-state index in [0.29, 0.717) is 64.4 Å². The van der Waals surface area contributed by atoms with Crippen molar-refractivity contribution in [3.8, 4) is 6.07 Å². The molecule has 0 unspecified atom stereocenters. The Morgan fingerprint density at radius 2 is 1.72 bits per heavy atom. The Balaban J connectivity index is 0.00000344. The summed E-state index contributed by atoms with van der Waals surface area (Å²) in [5.41, 5.74) is -0.396. The van der Waals surface area contributed by atoms with Crippen molar-refractivity contribution >= 4 is 17.6 Å². The number of carbonyl (C=O) groups excluding carboxylic acids is 2. The van der Waals surface area contributed by atoms with Crippen LogP contribution < -0.4 is 5.32 Å². The number of hydrogen-bond donors (Lipinski definition) is 1. The van der Waals surface area contributed by atoms with Crippen LogP contribution in [0.3, 0.4) is 0 Å². The monoisotopic (exact) mass is 569 g/mol. The number of allylic oxidation sites excluding steroid dienone is 1. The van der Waals surface area contributed by atoms with E-state index in [1.807, 2.05) is 0 Å². The molecule has 0 aromatic heterocycles. The second-order valence-electron chi connectivity index (χ2n) is 9.25. The molecule has 0 aromatic rings. The highest BCUT2D eigenvalue weighted by Crippen LogP contribution is 2.35. The molecule has 0 spiro atoms. The fourth-order valence-electron chi connectivity index (χ4n) is 4.37. The van der Waals surface area contributed by atoms with Crippen LogP contribution in [0.2, 0.25) is 0 Å². The van der Waals surface area contributed by atoms with Gasteiger partial charge in [0.1, 0.15) is 17.9 Å². The van der Waals surface area contributed by atoms with E-state index in [0.717, 1.165) is 6.42 Å². The van der Waals surface area contributed by atoms with Gasteiger partial charge in [-0.2, -0.15) is 18.4 Å². The number of alkyl halides is 6. The highest BCUT2D eigenvalue weighted by Gasteiger charge is 2.41. The topological polar surface area (TPSA) is 88.8 Å². The number of piperidine rings is 1. The van der Waals surface area contributed by atoms with Crippen molar-refractivity contribution in [2.75, 3.05) is 47.7 Å². The highest BCUT2D eigenvalue weighted by atomic mass is 19.4. The molecule has 2 rings (SSSR count). The van der Waals surface area contributed by atoms with E-state index in [1.54, 1.807) is 11.8 Å². The summed E-state index contributed by atoms with van der Waals surface area (Å²) >= 11 is 0. The smallest absolute Gasteiger partial charge is 0.375 e. The van der Waals surface area contributed by atoms with Crippen molar-refractivity contribution in [3.05, 3.63) is 11.8 Å². The lowest BCUT2D eigenvalue weighted by Gasteiger charge is -2.36. The lowest BCUT2D eigenvalue weighted by molar-refractivity contribution is -0.184. The number of unbranched alkanes of at least 4 members (excludes halogenated alkanes) is 2. The number of nitriles is 1. The van der Waals surface area contributed by atoms with Gasteiger partial charge in [0.05, 0.1) is 33.0 Å². The van der Waals surface area contributed by atoms with E-state index < -0.39 is 36.1 Å². The zero-order chi connectivity index (χ0) is 30.1. The minimum atomic E-state index is -4.22. The van der Waals surface area contributed by atoms with Crippen LogP contribution in [-0.2, 0) is 9.59 Å². The molecule has 2 aliphatic rings. The minimum Gasteiger partial charge on any atom is -0.375 e. The van der Waals surface area contributed by atoms with Gasteiger partial charge in [-0.15, -0.1) is 0 Å². The van der Waals surface area contributed by atoms with Crippen LogP contribution in [0.5, 0.6) is 0 Å². The maximum atomic E-state index is 13.2. The lowest BCUT2D eigenvalue weighted by atomic mass is 9.78. The molecule has 0 atom stereocenters. The van der Waals surface area contributed by atoms with Crippen molar-refractivity contribution in [2.24, 2.45) is 10.9 Å². The number of halogens is 6. The predicted octanol–water partition coefficient (Wildman–Crippen LogP) is 5.29. The number of carbonyl (C=O) groups is 2. The van der Waals surface area contributed by atoms with E-state index in [4.69, 9.17) is 0 Å². The molecule has 0 aromatic carbocycles. The summed E-state index contributed by atoms with van der Waals surface area (Å²) in [6.07, 6.45) is 0.884. The van der Waals surface area contributed by atoms with Gasteiger partial charge in [0.15, 0.2) is 0 Å². The number of aliphatic imine (C=N–C) groups is 1. The zero-order valence-electron chi connectivity index (χ0n) is 23.2. The molecule has 7 nitrogen and oxygen atoms in total. The number of nitrogens with one attached hydrogen (secondary N) is 1. The molecular weight excluding hydrogens is 528 g/mol. The van der Waals surface area contributed by atoms with E-state index >= 15 is 0 Å². The SMILES string of the molecule is CF.CF.CN=C(CCCCCF)N(CC(=O)NC1(C#N)CCC1)C(=O)/C=C(\C)N1CCC(C(F)(F)F)CC1. The fourth-order valence-corrected chi connectivity index (χ4v) is 4.37. The maximum Gasteiger partial charge on any atom is 0.391 e. The van der Waals surface area contributed by atoms with Crippen LogP contribution in [0.1, 0.15) is 64.7 Å². The predicted molar refractivity (Wildman–Crippen MR) is 138 cm³/mol. The zero-order valence-corrected chi connectivity index (χ0v) is 23.2. The Bertz CT molecular complexity index is 845. The first-order valence-electron chi connectivity index (χ1n) is 12.9. The van der Waals surface area contributed by atoms with Gasteiger partial charge in [0.25, 0.3) is 5.91 Å². The van der Waals surface area contributed by atoms with Crippen LogP contribution >= 0.6 is 0 Å². The summed E-state index contributed by atoms with van der Waals surface area (Å²) in [7, 11) is 2.50. The van der Waals surface area contributed by atoms with E-state index in [9.17, 15) is 41.2 Å². The van der Waals surface area contributed by atoms with Crippen LogP contribution in [0.4, 0.5) is 26.3 Å². The summed E-state index contributed by atoms with van der Waals surface area (Å²) in [4.78, 5) is 33.1. The first kappa shape index (κ1) is 36.2. The van der Waals surface area contributed by atoms with Gasteiger partial charge < -0.3 is 10.2 Å². The molecule has 1 heterocycles. The van der Waals surface area contributed by atoms with Crippen molar-refractivity contribution in [3.63, 3.8) is 0 Å². The molecule has 39 heavy (non-hydrogen) atoms.